The minimum absolute atomic E-state index is 0.0376. The van der Waals surface area contributed by atoms with E-state index < -0.39 is 23.6 Å². The first kappa shape index (κ1) is 16.9. The summed E-state index contributed by atoms with van der Waals surface area (Å²) < 4.78 is 19.6. The molecule has 4 aliphatic rings. The van der Waals surface area contributed by atoms with Crippen LogP contribution in [0.1, 0.15) is 18.4 Å². The maximum absolute atomic E-state index is 13.4. The van der Waals surface area contributed by atoms with Gasteiger partial charge >= 0.3 is 0 Å². The Morgan fingerprint density at radius 2 is 2.19 bits per heavy atom. The van der Waals surface area contributed by atoms with Gasteiger partial charge in [-0.3, -0.25) is 14.6 Å². The van der Waals surface area contributed by atoms with Crippen LogP contribution in [0.5, 0.6) is 0 Å². The van der Waals surface area contributed by atoms with E-state index in [0.29, 0.717) is 39.0 Å². The van der Waals surface area contributed by atoms with Gasteiger partial charge in [0.1, 0.15) is 11.8 Å². The van der Waals surface area contributed by atoms with Crippen LogP contribution in [0.25, 0.3) is 0 Å². The highest BCUT2D eigenvalue weighted by Gasteiger charge is 2.67. The van der Waals surface area contributed by atoms with E-state index in [2.05, 4.69) is 4.98 Å². The molecule has 2 bridgehead atoms. The van der Waals surface area contributed by atoms with Crippen LogP contribution in [-0.2, 0) is 20.9 Å². The Labute approximate surface area is 157 Å². The summed E-state index contributed by atoms with van der Waals surface area (Å²) in [6, 6.07) is 3.78. The first-order valence-electron chi connectivity index (χ1n) is 9.55. The molecule has 6 nitrogen and oxygen atoms in total. The van der Waals surface area contributed by atoms with E-state index in [4.69, 9.17) is 4.74 Å². The van der Waals surface area contributed by atoms with E-state index in [-0.39, 0.29) is 17.9 Å². The van der Waals surface area contributed by atoms with Gasteiger partial charge in [-0.15, -0.1) is 0 Å². The van der Waals surface area contributed by atoms with E-state index >= 15 is 0 Å². The second-order valence-electron chi connectivity index (χ2n) is 7.96. The van der Waals surface area contributed by atoms with Gasteiger partial charge in [0.05, 0.1) is 24.5 Å². The predicted molar refractivity (Wildman–Crippen MR) is 94.1 cm³/mol. The molecule has 1 aromatic heterocycles. The smallest absolute Gasteiger partial charge is 0.230 e. The van der Waals surface area contributed by atoms with Gasteiger partial charge in [0.2, 0.25) is 11.8 Å². The number of nitrogens with zero attached hydrogens (tertiary/aromatic N) is 3. The van der Waals surface area contributed by atoms with Gasteiger partial charge in [-0.05, 0) is 24.5 Å². The number of hydrogen-bond donors (Lipinski definition) is 0. The van der Waals surface area contributed by atoms with Gasteiger partial charge in [-0.1, -0.05) is 18.2 Å². The molecule has 0 N–H and O–H groups in total. The van der Waals surface area contributed by atoms with Crippen molar-refractivity contribution in [1.82, 2.24) is 14.8 Å². The Morgan fingerprint density at radius 3 is 2.93 bits per heavy atom. The quantitative estimate of drug-likeness (QED) is 0.752. The van der Waals surface area contributed by atoms with Crippen LogP contribution in [0.4, 0.5) is 4.39 Å². The molecule has 4 aliphatic heterocycles. The van der Waals surface area contributed by atoms with Crippen LogP contribution in [0.2, 0.25) is 0 Å². The summed E-state index contributed by atoms with van der Waals surface area (Å²) in [5, 5.41) is 0. The zero-order valence-electron chi connectivity index (χ0n) is 15.0. The Bertz CT molecular complexity index is 793. The number of pyridine rings is 1. The molecule has 4 atom stereocenters. The van der Waals surface area contributed by atoms with Gasteiger partial charge in [0, 0.05) is 32.0 Å². The molecule has 3 saturated heterocycles. The lowest BCUT2D eigenvalue weighted by Crippen LogP contribution is -2.48. The molecule has 2 unspecified atom stereocenters. The molecule has 0 aliphatic carbocycles. The lowest BCUT2D eigenvalue weighted by atomic mass is 9.76. The SMILES string of the molecule is O=C(C1C2C(=O)N(Cc3cccnc3)C[C@@]23C=C[C@@H]1O3)N1CCC(F)CC1. The molecule has 7 heteroatoms. The summed E-state index contributed by atoms with van der Waals surface area (Å²) in [6.45, 7) is 1.75. The van der Waals surface area contributed by atoms with Crippen molar-refractivity contribution in [3.8, 4) is 0 Å². The average molecular weight is 371 g/mol. The number of aromatic nitrogens is 1. The molecule has 2 amide bonds. The minimum atomic E-state index is -0.834. The minimum Gasteiger partial charge on any atom is -0.360 e. The molecular weight excluding hydrogens is 349 g/mol. The number of fused-ring (bicyclic) bond motifs is 1. The van der Waals surface area contributed by atoms with Crippen molar-refractivity contribution in [2.45, 2.75) is 37.3 Å². The third-order valence-electron chi connectivity index (χ3n) is 6.30. The van der Waals surface area contributed by atoms with Gasteiger partial charge in [0.15, 0.2) is 0 Å². The molecule has 0 saturated carbocycles. The highest BCUT2D eigenvalue weighted by atomic mass is 19.1. The number of piperidine rings is 1. The maximum atomic E-state index is 13.4. The van der Waals surface area contributed by atoms with Crippen LogP contribution in [0.15, 0.2) is 36.7 Å². The molecular formula is C20H22FN3O3. The Hall–Kier alpha value is -2.28. The summed E-state index contributed by atoms with van der Waals surface area (Å²) in [6.07, 6.45) is 6.88. The van der Waals surface area contributed by atoms with Crippen molar-refractivity contribution in [3.05, 3.63) is 42.2 Å². The van der Waals surface area contributed by atoms with E-state index in [9.17, 15) is 14.0 Å². The van der Waals surface area contributed by atoms with E-state index in [1.807, 2.05) is 24.3 Å². The van der Waals surface area contributed by atoms with Gasteiger partial charge in [-0.2, -0.15) is 0 Å². The summed E-state index contributed by atoms with van der Waals surface area (Å²) in [7, 11) is 0. The van der Waals surface area contributed by atoms with Gasteiger partial charge in [0.25, 0.3) is 0 Å². The van der Waals surface area contributed by atoms with Crippen molar-refractivity contribution >= 4 is 11.8 Å². The molecule has 0 aromatic carbocycles. The number of carbonyl (C=O) groups excluding carboxylic acids is 2. The van der Waals surface area contributed by atoms with Crippen molar-refractivity contribution in [2.75, 3.05) is 19.6 Å². The van der Waals surface area contributed by atoms with E-state index in [1.54, 1.807) is 22.2 Å². The van der Waals surface area contributed by atoms with Crippen LogP contribution < -0.4 is 0 Å². The number of alkyl halides is 1. The molecule has 0 radical (unpaired) electrons. The lowest BCUT2D eigenvalue weighted by Gasteiger charge is -2.33. The first-order chi connectivity index (χ1) is 13.1. The van der Waals surface area contributed by atoms with Crippen molar-refractivity contribution in [3.63, 3.8) is 0 Å². The monoisotopic (exact) mass is 371 g/mol. The molecule has 1 aromatic rings. The van der Waals surface area contributed by atoms with E-state index in [1.165, 1.54) is 0 Å². The number of rotatable bonds is 3. The Morgan fingerprint density at radius 1 is 1.37 bits per heavy atom. The van der Waals surface area contributed by atoms with Gasteiger partial charge < -0.3 is 14.5 Å². The van der Waals surface area contributed by atoms with Crippen LogP contribution in [0, 0.1) is 11.8 Å². The number of amides is 2. The zero-order chi connectivity index (χ0) is 18.6. The average Bonchev–Trinajstić information content (AvgIpc) is 3.31. The normalized spacial score (nSPS) is 35.1. The van der Waals surface area contributed by atoms with Crippen molar-refractivity contribution in [1.29, 1.82) is 0 Å². The first-order valence-corrected chi connectivity index (χ1v) is 9.55. The maximum Gasteiger partial charge on any atom is 0.230 e. The molecule has 27 heavy (non-hydrogen) atoms. The van der Waals surface area contributed by atoms with Crippen molar-refractivity contribution < 1.29 is 18.7 Å². The third-order valence-corrected chi connectivity index (χ3v) is 6.30. The molecule has 1 spiro atoms. The van der Waals surface area contributed by atoms with Crippen molar-refractivity contribution in [2.24, 2.45) is 11.8 Å². The summed E-state index contributed by atoms with van der Waals surface area (Å²) in [5.74, 6) is -1.10. The molecule has 142 valence electrons. The second-order valence-corrected chi connectivity index (χ2v) is 7.96. The van der Waals surface area contributed by atoms with Gasteiger partial charge in [-0.25, -0.2) is 4.39 Å². The Balaban J connectivity index is 1.38. The molecule has 3 fully saturated rings. The number of carbonyl (C=O) groups is 2. The standard InChI is InChI=1S/C20H22FN3O3/c21-14-4-8-23(9-5-14)18(25)16-15-3-6-20(27-15)12-24(19(26)17(16)20)11-13-2-1-7-22-10-13/h1-3,6-7,10,14-17H,4-5,8-9,11-12H2/t15-,16?,17?,20-/m0/s1. The lowest BCUT2D eigenvalue weighted by molar-refractivity contribution is -0.144. The second kappa shape index (κ2) is 6.12. The van der Waals surface area contributed by atoms with Crippen LogP contribution in [-0.4, -0.2) is 64.1 Å². The Kier molecular flexibility index (Phi) is 3.82. The number of likely N-dealkylation sites (tertiary alicyclic amines) is 2. The predicted octanol–water partition coefficient (Wildman–Crippen LogP) is 1.32. The third kappa shape index (κ3) is 2.59. The summed E-state index contributed by atoms with van der Waals surface area (Å²) in [5.41, 5.74) is 0.247. The number of halogens is 1. The summed E-state index contributed by atoms with van der Waals surface area (Å²) in [4.78, 5) is 33.9. The summed E-state index contributed by atoms with van der Waals surface area (Å²) >= 11 is 0. The molecule has 5 rings (SSSR count). The zero-order valence-corrected chi connectivity index (χ0v) is 15.0. The molecule has 5 heterocycles. The van der Waals surface area contributed by atoms with E-state index in [0.717, 1.165) is 5.56 Å². The fourth-order valence-electron chi connectivity index (χ4n) is 4.99. The fraction of sp³-hybridized carbons (Fsp3) is 0.550. The number of hydrogen-bond acceptors (Lipinski definition) is 4. The fourth-order valence-corrected chi connectivity index (χ4v) is 4.99. The largest absolute Gasteiger partial charge is 0.360 e. The number of ether oxygens (including phenoxy) is 1. The van der Waals surface area contributed by atoms with Crippen LogP contribution >= 0.6 is 0 Å². The van der Waals surface area contributed by atoms with Crippen LogP contribution in [0.3, 0.4) is 0 Å². The highest BCUT2D eigenvalue weighted by Crippen LogP contribution is 2.52. The highest BCUT2D eigenvalue weighted by molar-refractivity contribution is 5.93. The topological polar surface area (TPSA) is 62.7 Å².